The molecule has 0 aromatic heterocycles. The molecule has 2 saturated carbocycles. The molecule has 3 rings (SSSR count). The van der Waals surface area contributed by atoms with Crippen molar-refractivity contribution in [3.8, 4) is 0 Å². The maximum atomic E-state index is 12.7. The van der Waals surface area contributed by atoms with Gasteiger partial charge in [0.2, 0.25) is 11.8 Å². The number of nitrogens with one attached hydrogen (secondary N) is 1. The highest BCUT2D eigenvalue weighted by atomic mass is 16.2. The van der Waals surface area contributed by atoms with Crippen molar-refractivity contribution < 1.29 is 9.59 Å². The smallest absolute Gasteiger partial charge is 0.246 e. The van der Waals surface area contributed by atoms with Gasteiger partial charge in [0.1, 0.15) is 12.1 Å². The third-order valence-electron chi connectivity index (χ3n) is 4.97. The zero-order valence-electron chi connectivity index (χ0n) is 11.7. The van der Waals surface area contributed by atoms with Gasteiger partial charge in [0, 0.05) is 6.54 Å². The number of amides is 2. The first-order valence-corrected chi connectivity index (χ1v) is 7.77. The van der Waals surface area contributed by atoms with E-state index in [1.807, 2.05) is 11.8 Å². The Morgan fingerprint density at radius 1 is 1.11 bits per heavy atom. The van der Waals surface area contributed by atoms with Gasteiger partial charge in [-0.15, -0.1) is 0 Å². The van der Waals surface area contributed by atoms with Gasteiger partial charge in [-0.3, -0.25) is 9.59 Å². The molecular formula is C15H24N2O2. The van der Waals surface area contributed by atoms with Gasteiger partial charge in [0.05, 0.1) is 0 Å². The molecule has 1 saturated heterocycles. The predicted molar refractivity (Wildman–Crippen MR) is 72.4 cm³/mol. The third-order valence-corrected chi connectivity index (χ3v) is 4.97. The van der Waals surface area contributed by atoms with Crippen molar-refractivity contribution in [1.82, 2.24) is 10.2 Å². The van der Waals surface area contributed by atoms with Gasteiger partial charge in [0.25, 0.3) is 0 Å². The van der Waals surface area contributed by atoms with E-state index in [4.69, 9.17) is 0 Å². The summed E-state index contributed by atoms with van der Waals surface area (Å²) in [5, 5.41) is 2.98. The van der Waals surface area contributed by atoms with Crippen molar-refractivity contribution in [2.24, 2.45) is 11.8 Å². The standard InChI is InChI=1S/C15H24N2O2/c1-10-14(18)16-13(12-5-3-2-4-6-12)15(19)17(10)9-11-7-8-11/h10-13H,2-9H2,1H3,(H,16,18). The van der Waals surface area contributed by atoms with Crippen LogP contribution in [0.2, 0.25) is 0 Å². The van der Waals surface area contributed by atoms with Gasteiger partial charge in [-0.1, -0.05) is 19.3 Å². The summed E-state index contributed by atoms with van der Waals surface area (Å²) in [6, 6.07) is -0.532. The van der Waals surface area contributed by atoms with Gasteiger partial charge in [-0.05, 0) is 44.4 Å². The Bertz CT molecular complexity index is 372. The highest BCUT2D eigenvalue weighted by Gasteiger charge is 2.43. The van der Waals surface area contributed by atoms with Crippen LogP contribution in [0.5, 0.6) is 0 Å². The van der Waals surface area contributed by atoms with Crippen molar-refractivity contribution in [3.63, 3.8) is 0 Å². The Morgan fingerprint density at radius 3 is 2.42 bits per heavy atom. The fraction of sp³-hybridized carbons (Fsp3) is 0.867. The van der Waals surface area contributed by atoms with E-state index >= 15 is 0 Å². The number of piperazine rings is 1. The summed E-state index contributed by atoms with van der Waals surface area (Å²) in [4.78, 5) is 26.6. The lowest BCUT2D eigenvalue weighted by Crippen LogP contribution is -2.64. The molecule has 2 aliphatic carbocycles. The number of carbonyl (C=O) groups is 2. The first-order chi connectivity index (χ1) is 9.16. The van der Waals surface area contributed by atoms with E-state index in [-0.39, 0.29) is 23.9 Å². The Labute approximate surface area is 114 Å². The molecule has 0 aromatic carbocycles. The molecule has 2 unspecified atom stereocenters. The van der Waals surface area contributed by atoms with Gasteiger partial charge < -0.3 is 10.2 Å². The minimum atomic E-state index is -0.284. The van der Waals surface area contributed by atoms with E-state index in [1.165, 1.54) is 32.1 Å². The van der Waals surface area contributed by atoms with Crippen molar-refractivity contribution in [3.05, 3.63) is 0 Å². The van der Waals surface area contributed by atoms with Gasteiger partial charge >= 0.3 is 0 Å². The summed E-state index contributed by atoms with van der Waals surface area (Å²) in [5.41, 5.74) is 0. The molecule has 4 nitrogen and oxygen atoms in total. The number of nitrogens with zero attached hydrogens (tertiary/aromatic N) is 1. The SMILES string of the molecule is CC1C(=O)NC(C2CCCCC2)C(=O)N1CC1CC1. The fourth-order valence-corrected chi connectivity index (χ4v) is 3.46. The summed E-state index contributed by atoms with van der Waals surface area (Å²) >= 11 is 0. The molecule has 106 valence electrons. The zero-order chi connectivity index (χ0) is 13.4. The van der Waals surface area contributed by atoms with Crippen molar-refractivity contribution >= 4 is 11.8 Å². The quantitative estimate of drug-likeness (QED) is 0.843. The maximum absolute atomic E-state index is 12.7. The maximum Gasteiger partial charge on any atom is 0.246 e. The Balaban J connectivity index is 1.72. The van der Waals surface area contributed by atoms with E-state index in [2.05, 4.69) is 5.32 Å². The van der Waals surface area contributed by atoms with Crippen LogP contribution in [0.15, 0.2) is 0 Å². The first-order valence-electron chi connectivity index (χ1n) is 7.77. The number of rotatable bonds is 3. The lowest BCUT2D eigenvalue weighted by Gasteiger charge is -2.41. The van der Waals surface area contributed by atoms with Crippen LogP contribution >= 0.6 is 0 Å². The molecule has 0 spiro atoms. The van der Waals surface area contributed by atoms with Crippen molar-refractivity contribution in [2.45, 2.75) is 64.0 Å². The number of carbonyl (C=O) groups excluding carboxylic acids is 2. The molecule has 1 heterocycles. The lowest BCUT2D eigenvalue weighted by atomic mass is 9.82. The van der Waals surface area contributed by atoms with E-state index < -0.39 is 0 Å². The van der Waals surface area contributed by atoms with Gasteiger partial charge in [-0.25, -0.2) is 0 Å². The van der Waals surface area contributed by atoms with Crippen LogP contribution in [0, 0.1) is 11.8 Å². The van der Waals surface area contributed by atoms with Crippen LogP contribution < -0.4 is 5.32 Å². The highest BCUT2D eigenvalue weighted by Crippen LogP contribution is 2.33. The van der Waals surface area contributed by atoms with Crippen LogP contribution in [0.25, 0.3) is 0 Å². The van der Waals surface area contributed by atoms with Crippen LogP contribution in [0.3, 0.4) is 0 Å². The summed E-state index contributed by atoms with van der Waals surface area (Å²) in [6.07, 6.45) is 8.27. The molecule has 2 atom stereocenters. The second kappa shape index (κ2) is 5.14. The Morgan fingerprint density at radius 2 is 1.79 bits per heavy atom. The fourth-order valence-electron chi connectivity index (χ4n) is 3.46. The molecule has 3 aliphatic rings. The summed E-state index contributed by atoms with van der Waals surface area (Å²) in [7, 11) is 0. The zero-order valence-corrected chi connectivity index (χ0v) is 11.7. The van der Waals surface area contributed by atoms with Gasteiger partial charge in [0.15, 0.2) is 0 Å². The molecule has 3 fully saturated rings. The Kier molecular flexibility index (Phi) is 3.50. The summed E-state index contributed by atoms with van der Waals surface area (Å²) in [6.45, 7) is 2.64. The molecule has 4 heteroatoms. The molecule has 2 amide bonds. The molecule has 0 radical (unpaired) electrons. The molecule has 1 N–H and O–H groups in total. The van der Waals surface area contributed by atoms with Crippen LogP contribution in [0.1, 0.15) is 51.9 Å². The molecule has 19 heavy (non-hydrogen) atoms. The van der Waals surface area contributed by atoms with E-state index in [1.54, 1.807) is 0 Å². The highest BCUT2D eigenvalue weighted by molar-refractivity contribution is 5.96. The van der Waals surface area contributed by atoms with Gasteiger partial charge in [-0.2, -0.15) is 0 Å². The lowest BCUT2D eigenvalue weighted by molar-refractivity contribution is -0.150. The summed E-state index contributed by atoms with van der Waals surface area (Å²) in [5.74, 6) is 1.21. The van der Waals surface area contributed by atoms with Crippen LogP contribution in [-0.2, 0) is 9.59 Å². The largest absolute Gasteiger partial charge is 0.342 e. The topological polar surface area (TPSA) is 49.4 Å². The average Bonchev–Trinajstić information content (AvgIpc) is 3.24. The minimum Gasteiger partial charge on any atom is -0.342 e. The van der Waals surface area contributed by atoms with Crippen molar-refractivity contribution in [2.75, 3.05) is 6.54 Å². The second-order valence-electron chi connectivity index (χ2n) is 6.49. The summed E-state index contributed by atoms with van der Waals surface area (Å²) < 4.78 is 0. The third kappa shape index (κ3) is 2.63. The normalized spacial score (nSPS) is 33.4. The predicted octanol–water partition coefficient (Wildman–Crippen LogP) is 1.69. The second-order valence-corrected chi connectivity index (χ2v) is 6.49. The number of hydrogen-bond acceptors (Lipinski definition) is 2. The van der Waals surface area contributed by atoms with E-state index in [0.717, 1.165) is 19.4 Å². The Hall–Kier alpha value is -1.06. The monoisotopic (exact) mass is 264 g/mol. The molecule has 1 aliphatic heterocycles. The molecule has 0 bridgehead atoms. The number of hydrogen-bond donors (Lipinski definition) is 1. The van der Waals surface area contributed by atoms with E-state index in [9.17, 15) is 9.59 Å². The average molecular weight is 264 g/mol. The van der Waals surface area contributed by atoms with Crippen molar-refractivity contribution in [1.29, 1.82) is 0 Å². The minimum absolute atomic E-state index is 0.0378. The van der Waals surface area contributed by atoms with E-state index in [0.29, 0.717) is 11.8 Å². The van der Waals surface area contributed by atoms with Crippen LogP contribution in [-0.4, -0.2) is 35.3 Å². The van der Waals surface area contributed by atoms with Crippen LogP contribution in [0.4, 0.5) is 0 Å². The molecular weight excluding hydrogens is 240 g/mol. The first kappa shape index (κ1) is 12.9. The molecule has 0 aromatic rings.